The van der Waals surface area contributed by atoms with E-state index in [1.807, 2.05) is 0 Å². The van der Waals surface area contributed by atoms with Gasteiger partial charge in [0.1, 0.15) is 0 Å². The molecule has 0 saturated carbocycles. The third-order valence-electron chi connectivity index (χ3n) is 2.06. The molecule has 1 aromatic rings. The van der Waals surface area contributed by atoms with E-state index >= 15 is 0 Å². The SMILES string of the molecule is COC(=O)C(OC)c1csc(=NS(C)(=O)=O)n1C=N. The lowest BCUT2D eigenvalue weighted by atomic mass is 10.3. The van der Waals surface area contributed by atoms with Crippen molar-refractivity contribution in [2.24, 2.45) is 4.40 Å². The fourth-order valence-electron chi connectivity index (χ4n) is 1.31. The molecule has 8 nitrogen and oxygen atoms in total. The Morgan fingerprint density at radius 3 is 2.63 bits per heavy atom. The van der Waals surface area contributed by atoms with E-state index in [1.54, 1.807) is 0 Å². The molecule has 0 aliphatic rings. The molecular weight excluding hydrogens is 294 g/mol. The van der Waals surface area contributed by atoms with E-state index in [-0.39, 0.29) is 10.5 Å². The zero-order chi connectivity index (χ0) is 14.6. The molecule has 0 spiro atoms. The molecule has 0 fully saturated rings. The summed E-state index contributed by atoms with van der Waals surface area (Å²) in [6, 6.07) is 0. The number of esters is 1. The van der Waals surface area contributed by atoms with Gasteiger partial charge in [-0.2, -0.15) is 0 Å². The van der Waals surface area contributed by atoms with Gasteiger partial charge in [0.05, 0.1) is 25.4 Å². The van der Waals surface area contributed by atoms with Gasteiger partial charge in [-0.15, -0.1) is 15.7 Å². The van der Waals surface area contributed by atoms with Crippen molar-refractivity contribution in [3.63, 3.8) is 0 Å². The first kappa shape index (κ1) is 15.5. The van der Waals surface area contributed by atoms with Gasteiger partial charge in [0.15, 0.2) is 6.10 Å². The lowest BCUT2D eigenvalue weighted by molar-refractivity contribution is -0.153. The third kappa shape index (κ3) is 3.72. The lowest BCUT2D eigenvalue weighted by Crippen LogP contribution is -2.24. The Morgan fingerprint density at radius 1 is 1.58 bits per heavy atom. The average molecular weight is 307 g/mol. The van der Waals surface area contributed by atoms with Crippen LogP contribution in [-0.2, 0) is 24.3 Å². The van der Waals surface area contributed by atoms with Crippen LogP contribution in [0, 0.1) is 5.41 Å². The average Bonchev–Trinajstić information content (AvgIpc) is 2.70. The topological polar surface area (TPSA) is 111 Å². The molecule has 1 atom stereocenters. The number of methoxy groups -OCH3 is 2. The molecule has 0 radical (unpaired) electrons. The second-order valence-corrected chi connectivity index (χ2v) is 5.89. The van der Waals surface area contributed by atoms with Crippen molar-refractivity contribution in [3.8, 4) is 0 Å². The van der Waals surface area contributed by atoms with E-state index in [4.69, 9.17) is 10.1 Å². The van der Waals surface area contributed by atoms with E-state index in [2.05, 4.69) is 9.13 Å². The zero-order valence-corrected chi connectivity index (χ0v) is 12.1. The predicted octanol–water partition coefficient (Wildman–Crippen LogP) is -0.274. The highest BCUT2D eigenvalue weighted by atomic mass is 32.2. The smallest absolute Gasteiger partial charge is 0.341 e. The van der Waals surface area contributed by atoms with Crippen molar-refractivity contribution < 1.29 is 22.7 Å². The number of carbonyl (C=O) groups is 1. The van der Waals surface area contributed by atoms with Crippen molar-refractivity contribution in [1.29, 1.82) is 5.41 Å². The summed E-state index contributed by atoms with van der Waals surface area (Å²) in [4.78, 5) is 11.6. The first-order chi connectivity index (χ1) is 8.84. The van der Waals surface area contributed by atoms with Crippen LogP contribution in [0.2, 0.25) is 0 Å². The van der Waals surface area contributed by atoms with Gasteiger partial charge in [0, 0.05) is 12.5 Å². The molecule has 0 bridgehead atoms. The second-order valence-electron chi connectivity index (χ2n) is 3.41. The van der Waals surface area contributed by atoms with Gasteiger partial charge in [-0.1, -0.05) is 0 Å². The predicted molar refractivity (Wildman–Crippen MR) is 68.7 cm³/mol. The van der Waals surface area contributed by atoms with Crippen LogP contribution in [0.3, 0.4) is 0 Å². The van der Waals surface area contributed by atoms with Gasteiger partial charge in [0.2, 0.25) is 4.80 Å². The number of rotatable bonds is 5. The number of carbonyl (C=O) groups excluding carboxylic acids is 1. The Bertz CT molecular complexity index is 643. The molecule has 0 amide bonds. The summed E-state index contributed by atoms with van der Waals surface area (Å²) in [6.45, 7) is 0. The molecule has 1 N–H and O–H groups in total. The van der Waals surface area contributed by atoms with Crippen LogP contribution in [0.15, 0.2) is 9.78 Å². The summed E-state index contributed by atoms with van der Waals surface area (Å²) in [6.07, 6.45) is 0.742. The van der Waals surface area contributed by atoms with Crippen LogP contribution in [-0.4, -0.2) is 45.8 Å². The fourth-order valence-corrected chi connectivity index (χ4v) is 2.99. The number of aromatic nitrogens is 1. The maximum atomic E-state index is 11.5. The van der Waals surface area contributed by atoms with Crippen molar-refractivity contribution in [3.05, 3.63) is 15.9 Å². The minimum Gasteiger partial charge on any atom is -0.467 e. The van der Waals surface area contributed by atoms with Gasteiger partial charge in [-0.05, 0) is 0 Å². The normalized spacial score (nSPS) is 14.2. The highest BCUT2D eigenvalue weighted by molar-refractivity contribution is 7.89. The highest BCUT2D eigenvalue weighted by Crippen LogP contribution is 2.18. The molecule has 19 heavy (non-hydrogen) atoms. The van der Waals surface area contributed by atoms with Gasteiger partial charge in [-0.3, -0.25) is 9.98 Å². The fraction of sp³-hybridized carbons (Fsp3) is 0.444. The molecule has 0 saturated heterocycles. The summed E-state index contributed by atoms with van der Waals surface area (Å²) in [5, 5.41) is 8.78. The molecule has 1 heterocycles. The summed E-state index contributed by atoms with van der Waals surface area (Å²) in [7, 11) is -1.09. The van der Waals surface area contributed by atoms with E-state index in [0.29, 0.717) is 0 Å². The maximum absolute atomic E-state index is 11.5. The van der Waals surface area contributed by atoms with Gasteiger partial charge in [0.25, 0.3) is 10.0 Å². The standard InChI is InChI=1S/C9H13N3O5S2/c1-16-7(8(13)17-2)6-4-18-9(12(6)5-10)11-19(3,14)15/h4-5,7,10H,1-3H3. The molecule has 1 rings (SSSR count). The molecular formula is C9H13N3O5S2. The van der Waals surface area contributed by atoms with E-state index in [9.17, 15) is 13.2 Å². The summed E-state index contributed by atoms with van der Waals surface area (Å²) in [5.74, 6) is -0.651. The third-order valence-corrected chi connectivity index (χ3v) is 3.54. The first-order valence-electron chi connectivity index (χ1n) is 4.91. The van der Waals surface area contributed by atoms with Crippen molar-refractivity contribution in [2.75, 3.05) is 20.5 Å². The van der Waals surface area contributed by atoms with Crippen LogP contribution < -0.4 is 4.80 Å². The summed E-state index contributed by atoms with van der Waals surface area (Å²) >= 11 is 0.977. The zero-order valence-electron chi connectivity index (χ0n) is 10.5. The number of nitrogens with zero attached hydrogens (tertiary/aromatic N) is 2. The monoisotopic (exact) mass is 307 g/mol. The highest BCUT2D eigenvalue weighted by Gasteiger charge is 2.25. The number of hydrogen-bond acceptors (Lipinski definition) is 7. The van der Waals surface area contributed by atoms with E-state index < -0.39 is 22.1 Å². The quantitative estimate of drug-likeness (QED) is 0.457. The van der Waals surface area contributed by atoms with Crippen LogP contribution in [0.4, 0.5) is 0 Å². The van der Waals surface area contributed by atoms with Gasteiger partial charge >= 0.3 is 5.97 Å². The Labute approximate surface area is 113 Å². The molecule has 1 unspecified atom stereocenters. The van der Waals surface area contributed by atoms with Crippen molar-refractivity contribution in [2.45, 2.75) is 6.10 Å². The lowest BCUT2D eigenvalue weighted by Gasteiger charge is -2.12. The van der Waals surface area contributed by atoms with E-state index in [0.717, 1.165) is 28.5 Å². The molecule has 10 heteroatoms. The number of sulfonamides is 1. The van der Waals surface area contributed by atoms with Crippen LogP contribution in [0.25, 0.3) is 0 Å². The Balaban J connectivity index is 3.44. The Kier molecular flexibility index (Phi) is 4.97. The summed E-state index contributed by atoms with van der Waals surface area (Å²) in [5.41, 5.74) is 0.275. The summed E-state index contributed by atoms with van der Waals surface area (Å²) < 4.78 is 36.5. The van der Waals surface area contributed by atoms with Crippen LogP contribution in [0.1, 0.15) is 11.8 Å². The number of nitrogens with one attached hydrogen (secondary N) is 1. The molecule has 106 valence electrons. The van der Waals surface area contributed by atoms with Gasteiger partial charge in [-0.25, -0.2) is 13.2 Å². The largest absolute Gasteiger partial charge is 0.467 e. The van der Waals surface area contributed by atoms with Crippen LogP contribution >= 0.6 is 11.3 Å². The maximum Gasteiger partial charge on any atom is 0.341 e. The van der Waals surface area contributed by atoms with Crippen molar-refractivity contribution >= 4 is 33.7 Å². The minimum atomic E-state index is -3.60. The number of ether oxygens (including phenoxy) is 2. The molecule has 1 aromatic heterocycles. The molecule has 0 aliphatic heterocycles. The van der Waals surface area contributed by atoms with E-state index in [1.165, 1.54) is 19.6 Å². The molecule has 0 aromatic carbocycles. The number of thiazole rings is 1. The Hall–Kier alpha value is -1.52. The first-order valence-corrected chi connectivity index (χ1v) is 7.64. The van der Waals surface area contributed by atoms with Crippen LogP contribution in [0.5, 0.6) is 0 Å². The second kappa shape index (κ2) is 6.08. The van der Waals surface area contributed by atoms with Crippen molar-refractivity contribution in [1.82, 2.24) is 4.57 Å². The van der Waals surface area contributed by atoms with Gasteiger partial charge < -0.3 is 9.47 Å². The molecule has 0 aliphatic carbocycles. The minimum absolute atomic E-state index is 0.0541. The number of hydrogen-bond donors (Lipinski definition) is 1. The Morgan fingerprint density at radius 2 is 2.21 bits per heavy atom.